The number of anilines is 2. The van der Waals surface area contributed by atoms with Gasteiger partial charge in [-0.05, 0) is 38.1 Å². The Morgan fingerprint density at radius 2 is 2.06 bits per heavy atom. The highest BCUT2D eigenvalue weighted by Gasteiger charge is 2.08. The molecule has 0 fully saturated rings. The van der Waals surface area contributed by atoms with E-state index in [1.807, 2.05) is 43.5 Å². The lowest BCUT2D eigenvalue weighted by Gasteiger charge is -2.22. The molecular weight excluding hydrogens is 224 g/mol. The van der Waals surface area contributed by atoms with Crippen molar-refractivity contribution in [1.82, 2.24) is 9.97 Å². The molecule has 0 amide bonds. The molecule has 0 aromatic carbocycles. The Bertz CT molecular complexity index is 510. The van der Waals surface area contributed by atoms with Crippen molar-refractivity contribution >= 4 is 11.5 Å². The molecule has 2 rings (SSSR count). The summed E-state index contributed by atoms with van der Waals surface area (Å²) >= 11 is 0. The van der Waals surface area contributed by atoms with Crippen molar-refractivity contribution in [1.29, 1.82) is 0 Å². The van der Waals surface area contributed by atoms with Gasteiger partial charge in [0, 0.05) is 12.7 Å². The first kappa shape index (κ1) is 12.4. The Hall–Kier alpha value is -2.10. The van der Waals surface area contributed by atoms with Crippen LogP contribution in [0.25, 0.3) is 0 Å². The standard InChI is InChI=1S/C14H18N4/c1-3-18(10-12-6-4-5-9-16-12)14-8-7-13(15)11(2)17-14/h4-9H,3,10,15H2,1-2H3. The monoisotopic (exact) mass is 242 g/mol. The molecule has 2 N–H and O–H groups in total. The average Bonchev–Trinajstić information content (AvgIpc) is 2.40. The molecule has 18 heavy (non-hydrogen) atoms. The van der Waals surface area contributed by atoms with Crippen LogP contribution in [0, 0.1) is 6.92 Å². The molecule has 0 atom stereocenters. The van der Waals surface area contributed by atoms with Crippen LogP contribution in [0.3, 0.4) is 0 Å². The van der Waals surface area contributed by atoms with E-state index in [0.717, 1.165) is 36.0 Å². The van der Waals surface area contributed by atoms with E-state index in [1.54, 1.807) is 0 Å². The molecule has 0 aliphatic carbocycles. The number of aryl methyl sites for hydroxylation is 1. The molecule has 0 radical (unpaired) electrons. The summed E-state index contributed by atoms with van der Waals surface area (Å²) in [5.74, 6) is 0.940. The van der Waals surface area contributed by atoms with E-state index in [9.17, 15) is 0 Å². The highest BCUT2D eigenvalue weighted by molar-refractivity contribution is 5.50. The molecule has 4 heteroatoms. The molecule has 2 aromatic heterocycles. The molecule has 0 bridgehead atoms. The van der Waals surface area contributed by atoms with Crippen molar-refractivity contribution in [3.63, 3.8) is 0 Å². The van der Waals surface area contributed by atoms with Crippen molar-refractivity contribution in [2.24, 2.45) is 0 Å². The predicted molar refractivity (Wildman–Crippen MR) is 74.3 cm³/mol. The first-order valence-electron chi connectivity index (χ1n) is 6.08. The molecule has 0 spiro atoms. The van der Waals surface area contributed by atoms with E-state index in [-0.39, 0.29) is 0 Å². The van der Waals surface area contributed by atoms with Gasteiger partial charge in [-0.1, -0.05) is 6.07 Å². The van der Waals surface area contributed by atoms with Crippen LogP contribution < -0.4 is 10.6 Å². The summed E-state index contributed by atoms with van der Waals surface area (Å²) < 4.78 is 0. The summed E-state index contributed by atoms with van der Waals surface area (Å²) in [7, 11) is 0. The highest BCUT2D eigenvalue weighted by Crippen LogP contribution is 2.17. The molecule has 0 aliphatic rings. The SMILES string of the molecule is CCN(Cc1ccccn1)c1ccc(N)c(C)n1. The van der Waals surface area contributed by atoms with Crippen LogP contribution in [0.1, 0.15) is 18.3 Å². The molecule has 2 aromatic rings. The summed E-state index contributed by atoms with van der Waals surface area (Å²) in [6.07, 6.45) is 1.81. The Balaban J connectivity index is 2.20. The van der Waals surface area contributed by atoms with Gasteiger partial charge >= 0.3 is 0 Å². The first-order chi connectivity index (χ1) is 8.70. The fourth-order valence-electron chi connectivity index (χ4n) is 1.78. The third-order valence-electron chi connectivity index (χ3n) is 2.90. The van der Waals surface area contributed by atoms with Crippen molar-refractivity contribution in [3.8, 4) is 0 Å². The molecule has 0 saturated carbocycles. The third-order valence-corrected chi connectivity index (χ3v) is 2.90. The minimum atomic E-state index is 0.729. The fourth-order valence-corrected chi connectivity index (χ4v) is 1.78. The van der Waals surface area contributed by atoms with E-state index in [1.165, 1.54) is 0 Å². The second-order valence-corrected chi connectivity index (χ2v) is 4.18. The lowest BCUT2D eigenvalue weighted by atomic mass is 10.3. The van der Waals surface area contributed by atoms with Crippen LogP contribution in [0.5, 0.6) is 0 Å². The van der Waals surface area contributed by atoms with Crippen LogP contribution in [0.4, 0.5) is 11.5 Å². The fraction of sp³-hybridized carbons (Fsp3) is 0.286. The zero-order valence-electron chi connectivity index (χ0n) is 10.8. The Morgan fingerprint density at radius 1 is 1.22 bits per heavy atom. The van der Waals surface area contributed by atoms with Crippen LogP contribution in [0.2, 0.25) is 0 Å². The Kier molecular flexibility index (Phi) is 3.77. The quantitative estimate of drug-likeness (QED) is 0.894. The topological polar surface area (TPSA) is 55.0 Å². The minimum Gasteiger partial charge on any atom is -0.397 e. The molecule has 0 saturated heterocycles. The van der Waals surface area contributed by atoms with Gasteiger partial charge in [-0.2, -0.15) is 0 Å². The maximum atomic E-state index is 5.79. The number of pyridine rings is 2. The van der Waals surface area contributed by atoms with Crippen LogP contribution in [-0.2, 0) is 6.54 Å². The van der Waals surface area contributed by atoms with Crippen LogP contribution in [-0.4, -0.2) is 16.5 Å². The van der Waals surface area contributed by atoms with E-state index in [2.05, 4.69) is 21.8 Å². The number of hydrogen-bond acceptors (Lipinski definition) is 4. The number of nitrogen functional groups attached to an aromatic ring is 1. The van der Waals surface area contributed by atoms with Crippen molar-refractivity contribution in [2.45, 2.75) is 20.4 Å². The lowest BCUT2D eigenvalue weighted by molar-refractivity contribution is 0.792. The van der Waals surface area contributed by atoms with E-state index in [4.69, 9.17) is 5.73 Å². The average molecular weight is 242 g/mol. The summed E-state index contributed by atoms with van der Waals surface area (Å²) in [6, 6.07) is 9.80. The largest absolute Gasteiger partial charge is 0.397 e. The predicted octanol–water partition coefficient (Wildman–Crippen LogP) is 2.39. The van der Waals surface area contributed by atoms with Gasteiger partial charge in [0.2, 0.25) is 0 Å². The van der Waals surface area contributed by atoms with Gasteiger partial charge in [0.05, 0.1) is 23.6 Å². The first-order valence-corrected chi connectivity index (χ1v) is 6.08. The molecule has 0 aliphatic heterocycles. The van der Waals surface area contributed by atoms with E-state index >= 15 is 0 Å². The summed E-state index contributed by atoms with van der Waals surface area (Å²) in [6.45, 7) is 5.67. The summed E-state index contributed by atoms with van der Waals surface area (Å²) in [4.78, 5) is 11.0. The number of nitrogens with zero attached hydrogens (tertiary/aromatic N) is 3. The van der Waals surface area contributed by atoms with E-state index < -0.39 is 0 Å². The zero-order chi connectivity index (χ0) is 13.0. The number of rotatable bonds is 4. The van der Waals surface area contributed by atoms with Gasteiger partial charge in [-0.15, -0.1) is 0 Å². The maximum absolute atomic E-state index is 5.79. The summed E-state index contributed by atoms with van der Waals surface area (Å²) in [5, 5.41) is 0. The van der Waals surface area contributed by atoms with Gasteiger partial charge in [0.25, 0.3) is 0 Å². The van der Waals surface area contributed by atoms with Gasteiger partial charge in [0.1, 0.15) is 5.82 Å². The molecule has 2 heterocycles. The number of nitrogens with two attached hydrogens (primary N) is 1. The maximum Gasteiger partial charge on any atom is 0.129 e. The second kappa shape index (κ2) is 5.49. The molecule has 4 nitrogen and oxygen atoms in total. The third kappa shape index (κ3) is 2.77. The Morgan fingerprint density at radius 3 is 2.67 bits per heavy atom. The van der Waals surface area contributed by atoms with Crippen molar-refractivity contribution in [3.05, 3.63) is 47.9 Å². The highest BCUT2D eigenvalue weighted by atomic mass is 15.2. The number of aromatic nitrogens is 2. The Labute approximate surface area is 107 Å². The van der Waals surface area contributed by atoms with Gasteiger partial charge < -0.3 is 10.6 Å². The lowest BCUT2D eigenvalue weighted by Crippen LogP contribution is -2.23. The normalized spacial score (nSPS) is 10.3. The zero-order valence-corrected chi connectivity index (χ0v) is 10.8. The second-order valence-electron chi connectivity index (χ2n) is 4.18. The van der Waals surface area contributed by atoms with Crippen molar-refractivity contribution < 1.29 is 0 Å². The van der Waals surface area contributed by atoms with Gasteiger partial charge in [0.15, 0.2) is 0 Å². The van der Waals surface area contributed by atoms with Gasteiger partial charge in [-0.3, -0.25) is 4.98 Å². The molecular formula is C14H18N4. The smallest absolute Gasteiger partial charge is 0.129 e. The van der Waals surface area contributed by atoms with Gasteiger partial charge in [-0.25, -0.2) is 4.98 Å². The molecule has 0 unspecified atom stereocenters. The van der Waals surface area contributed by atoms with Crippen LogP contribution >= 0.6 is 0 Å². The van der Waals surface area contributed by atoms with Crippen LogP contribution in [0.15, 0.2) is 36.5 Å². The molecule has 94 valence electrons. The minimum absolute atomic E-state index is 0.729. The summed E-state index contributed by atoms with van der Waals surface area (Å²) in [5.41, 5.74) is 8.42. The van der Waals surface area contributed by atoms with E-state index in [0.29, 0.717) is 0 Å². The van der Waals surface area contributed by atoms with Crippen molar-refractivity contribution in [2.75, 3.05) is 17.2 Å². The number of hydrogen-bond donors (Lipinski definition) is 1.